The molecule has 0 aliphatic heterocycles. The monoisotopic (exact) mass is 589 g/mol. The molecule has 0 aromatic heterocycles. The lowest BCUT2D eigenvalue weighted by atomic mass is 10.1. The van der Waals surface area contributed by atoms with Crippen molar-refractivity contribution in [2.75, 3.05) is 17.4 Å². The molecule has 0 saturated carbocycles. The van der Waals surface area contributed by atoms with Crippen LogP contribution in [0.3, 0.4) is 0 Å². The molecular weight excluding hydrogens is 561 g/mol. The molecule has 7 nitrogen and oxygen atoms in total. The molecule has 37 heavy (non-hydrogen) atoms. The van der Waals surface area contributed by atoms with Gasteiger partial charge in [-0.15, -0.1) is 0 Å². The van der Waals surface area contributed by atoms with Gasteiger partial charge in [-0.3, -0.25) is 13.9 Å². The number of hydrogen-bond acceptors (Lipinski definition) is 4. The third kappa shape index (κ3) is 7.39. The van der Waals surface area contributed by atoms with E-state index in [9.17, 15) is 22.4 Å². The van der Waals surface area contributed by atoms with Gasteiger partial charge < -0.3 is 10.2 Å². The molecule has 196 valence electrons. The summed E-state index contributed by atoms with van der Waals surface area (Å²) in [5.74, 6) is -1.46. The first kappa shape index (κ1) is 28.3. The van der Waals surface area contributed by atoms with Crippen LogP contribution in [-0.2, 0) is 26.2 Å². The van der Waals surface area contributed by atoms with Crippen molar-refractivity contribution in [3.63, 3.8) is 0 Å². The van der Waals surface area contributed by atoms with Crippen molar-refractivity contribution in [3.05, 3.63) is 94.7 Å². The summed E-state index contributed by atoms with van der Waals surface area (Å²) in [7, 11) is -4.18. The van der Waals surface area contributed by atoms with Crippen molar-refractivity contribution in [2.24, 2.45) is 0 Å². The first-order valence-electron chi connectivity index (χ1n) is 11.8. The molecular formula is C27H29BrFN3O4S. The van der Waals surface area contributed by atoms with Gasteiger partial charge in [-0.2, -0.15) is 0 Å². The largest absolute Gasteiger partial charge is 0.354 e. The maximum absolute atomic E-state index is 13.7. The van der Waals surface area contributed by atoms with Crippen molar-refractivity contribution in [3.8, 4) is 0 Å². The molecule has 3 rings (SSSR count). The molecule has 10 heteroatoms. The van der Waals surface area contributed by atoms with E-state index in [1.165, 1.54) is 29.2 Å². The van der Waals surface area contributed by atoms with Crippen molar-refractivity contribution in [1.29, 1.82) is 0 Å². The van der Waals surface area contributed by atoms with Gasteiger partial charge in [-0.05, 0) is 67.4 Å². The number of anilines is 1. The number of carbonyl (C=O) groups excluding carboxylic acids is 2. The van der Waals surface area contributed by atoms with E-state index in [4.69, 9.17) is 0 Å². The summed E-state index contributed by atoms with van der Waals surface area (Å²) >= 11 is 3.38. The third-order valence-electron chi connectivity index (χ3n) is 5.71. The summed E-state index contributed by atoms with van der Waals surface area (Å²) in [6.07, 6.45) is 0.729. The summed E-state index contributed by atoms with van der Waals surface area (Å²) in [5.41, 5.74) is 0.899. The van der Waals surface area contributed by atoms with Gasteiger partial charge in [0.05, 0.1) is 10.6 Å². The van der Waals surface area contributed by atoms with Gasteiger partial charge in [0.15, 0.2) is 0 Å². The zero-order valence-electron chi connectivity index (χ0n) is 20.6. The molecule has 2 amide bonds. The van der Waals surface area contributed by atoms with Crippen LogP contribution in [0.15, 0.2) is 88.2 Å². The minimum absolute atomic E-state index is 0.0136. The molecule has 1 atom stereocenters. The van der Waals surface area contributed by atoms with Gasteiger partial charge in [-0.25, -0.2) is 12.8 Å². The molecule has 3 aromatic carbocycles. The van der Waals surface area contributed by atoms with Gasteiger partial charge >= 0.3 is 0 Å². The second-order valence-corrected chi connectivity index (χ2v) is 11.2. The Morgan fingerprint density at radius 3 is 2.19 bits per heavy atom. The zero-order valence-corrected chi connectivity index (χ0v) is 23.0. The van der Waals surface area contributed by atoms with Crippen LogP contribution in [0.5, 0.6) is 0 Å². The maximum atomic E-state index is 13.7. The number of halogens is 2. The predicted molar refractivity (Wildman–Crippen MR) is 145 cm³/mol. The predicted octanol–water partition coefficient (Wildman–Crippen LogP) is 4.73. The third-order valence-corrected chi connectivity index (χ3v) is 8.02. The van der Waals surface area contributed by atoms with Crippen LogP contribution in [0.1, 0.15) is 25.8 Å². The molecule has 3 aromatic rings. The fraction of sp³-hybridized carbons (Fsp3) is 0.259. The lowest BCUT2D eigenvalue weighted by molar-refractivity contribution is -0.139. The number of amides is 2. The molecule has 0 saturated heterocycles. The first-order valence-corrected chi connectivity index (χ1v) is 14.0. The van der Waals surface area contributed by atoms with E-state index in [0.29, 0.717) is 6.54 Å². The van der Waals surface area contributed by atoms with Crippen LogP contribution in [0.2, 0.25) is 0 Å². The van der Waals surface area contributed by atoms with Crippen LogP contribution in [0.25, 0.3) is 0 Å². The minimum Gasteiger partial charge on any atom is -0.354 e. The normalized spacial score (nSPS) is 12.0. The second kappa shape index (κ2) is 12.8. The molecule has 0 unspecified atom stereocenters. The summed E-state index contributed by atoms with van der Waals surface area (Å²) < 4.78 is 42.6. The van der Waals surface area contributed by atoms with E-state index in [-0.39, 0.29) is 23.0 Å². The highest BCUT2D eigenvalue weighted by Gasteiger charge is 2.32. The summed E-state index contributed by atoms with van der Waals surface area (Å²) in [5, 5.41) is 2.80. The number of sulfonamides is 1. The summed E-state index contributed by atoms with van der Waals surface area (Å²) in [6, 6.07) is 19.0. The highest BCUT2D eigenvalue weighted by Crippen LogP contribution is 2.25. The molecule has 0 fully saturated rings. The molecule has 0 aliphatic rings. The van der Waals surface area contributed by atoms with Gasteiger partial charge in [-0.1, -0.05) is 53.2 Å². The van der Waals surface area contributed by atoms with Crippen LogP contribution >= 0.6 is 15.9 Å². The average Bonchev–Trinajstić information content (AvgIpc) is 2.90. The molecule has 0 heterocycles. The first-order chi connectivity index (χ1) is 17.6. The Balaban J connectivity index is 1.99. The highest BCUT2D eigenvalue weighted by atomic mass is 79.9. The van der Waals surface area contributed by atoms with Crippen LogP contribution in [0, 0.1) is 5.82 Å². The Kier molecular flexibility index (Phi) is 9.82. The SMILES string of the molecule is CCCNC(=O)[C@H](C)N(Cc1ccc(Br)cc1)C(=O)CN(c1ccc(F)cc1)S(=O)(=O)c1ccccc1. The van der Waals surface area contributed by atoms with Gasteiger partial charge in [0.2, 0.25) is 11.8 Å². The van der Waals surface area contributed by atoms with E-state index >= 15 is 0 Å². The molecule has 0 radical (unpaired) electrons. The summed E-state index contributed by atoms with van der Waals surface area (Å²) in [6.45, 7) is 3.49. The second-order valence-electron chi connectivity index (χ2n) is 8.42. The smallest absolute Gasteiger partial charge is 0.264 e. The minimum atomic E-state index is -4.18. The number of nitrogens with zero attached hydrogens (tertiary/aromatic N) is 2. The number of hydrogen-bond donors (Lipinski definition) is 1. The van der Waals surface area contributed by atoms with Gasteiger partial charge in [0.25, 0.3) is 10.0 Å². The Morgan fingerprint density at radius 1 is 0.973 bits per heavy atom. The van der Waals surface area contributed by atoms with E-state index in [1.54, 1.807) is 25.1 Å². The lowest BCUT2D eigenvalue weighted by Gasteiger charge is -2.32. The Hall–Kier alpha value is -3.24. The number of carbonyl (C=O) groups is 2. The number of rotatable bonds is 11. The topological polar surface area (TPSA) is 86.8 Å². The molecule has 0 spiro atoms. The number of benzene rings is 3. The fourth-order valence-electron chi connectivity index (χ4n) is 3.62. The van der Waals surface area contributed by atoms with Crippen LogP contribution in [-0.4, -0.2) is 44.3 Å². The van der Waals surface area contributed by atoms with E-state index in [1.807, 2.05) is 31.2 Å². The standard InChI is InChI=1S/C27H29BrFN3O4S/c1-3-17-30-27(34)20(2)31(18-21-9-11-22(28)12-10-21)26(33)19-32(24-15-13-23(29)14-16-24)37(35,36)25-7-5-4-6-8-25/h4-16,20H,3,17-19H2,1-2H3,(H,30,34)/t20-/m0/s1. The van der Waals surface area contributed by atoms with E-state index < -0.39 is 34.3 Å². The average molecular weight is 591 g/mol. The van der Waals surface area contributed by atoms with Crippen molar-refractivity contribution >= 4 is 43.5 Å². The Morgan fingerprint density at radius 2 is 1.59 bits per heavy atom. The van der Waals surface area contributed by atoms with Gasteiger partial charge in [0, 0.05) is 17.6 Å². The lowest BCUT2D eigenvalue weighted by Crippen LogP contribution is -2.51. The van der Waals surface area contributed by atoms with Crippen LogP contribution < -0.4 is 9.62 Å². The van der Waals surface area contributed by atoms with Crippen molar-refractivity contribution in [2.45, 2.75) is 37.8 Å². The van der Waals surface area contributed by atoms with E-state index in [0.717, 1.165) is 32.9 Å². The quantitative estimate of drug-likeness (QED) is 0.350. The number of nitrogens with one attached hydrogen (secondary N) is 1. The maximum Gasteiger partial charge on any atom is 0.264 e. The fourth-order valence-corrected chi connectivity index (χ4v) is 5.32. The Bertz CT molecular complexity index is 1300. The Labute approximate surface area is 225 Å². The zero-order chi connectivity index (χ0) is 27.0. The molecule has 1 N–H and O–H groups in total. The van der Waals surface area contributed by atoms with Crippen molar-refractivity contribution in [1.82, 2.24) is 10.2 Å². The molecule has 0 aliphatic carbocycles. The highest BCUT2D eigenvalue weighted by molar-refractivity contribution is 9.10. The van der Waals surface area contributed by atoms with Crippen LogP contribution in [0.4, 0.5) is 10.1 Å². The summed E-state index contributed by atoms with van der Waals surface area (Å²) in [4.78, 5) is 27.9. The van der Waals surface area contributed by atoms with Crippen molar-refractivity contribution < 1.29 is 22.4 Å². The molecule has 0 bridgehead atoms. The van der Waals surface area contributed by atoms with Gasteiger partial charge in [0.1, 0.15) is 18.4 Å². The van der Waals surface area contributed by atoms with E-state index in [2.05, 4.69) is 21.2 Å².